The van der Waals surface area contributed by atoms with Crippen molar-refractivity contribution in [2.75, 3.05) is 7.11 Å². The molecule has 0 aliphatic carbocycles. The van der Waals surface area contributed by atoms with Gasteiger partial charge < -0.3 is 15.4 Å². The van der Waals surface area contributed by atoms with E-state index >= 15 is 0 Å². The van der Waals surface area contributed by atoms with E-state index in [0.29, 0.717) is 0 Å². The van der Waals surface area contributed by atoms with E-state index < -0.39 is 11.8 Å². The van der Waals surface area contributed by atoms with Crippen LogP contribution in [0, 0.1) is 0 Å². The molecule has 2 aromatic carbocycles. The lowest BCUT2D eigenvalue weighted by Gasteiger charge is -2.14. The first kappa shape index (κ1) is 16.5. The third kappa shape index (κ3) is 4.85. The Bertz CT molecular complexity index is 654. The Balaban J connectivity index is 1.83. The molecule has 0 saturated heterocycles. The molecule has 1 atom stereocenters. The molecular weight excluding hydrogens is 292 g/mol. The number of hydrogen-bond acceptors (Lipinski definition) is 3. The standard InChI is InChI=1S/C18H20N2O3/c1-13(15-6-4-3-5-7-15)20-18(22)17(21)19-12-14-8-10-16(23-2)11-9-14/h3-11,13H,12H2,1-2H3,(H,19,21)(H,20,22). The molecule has 120 valence electrons. The SMILES string of the molecule is COc1ccc(CNC(=O)C(=O)NC(C)c2ccccc2)cc1. The predicted octanol–water partition coefficient (Wildman–Crippen LogP) is 2.19. The Morgan fingerprint density at radius 2 is 1.65 bits per heavy atom. The average Bonchev–Trinajstić information content (AvgIpc) is 2.60. The molecule has 2 N–H and O–H groups in total. The number of ether oxygens (including phenoxy) is 1. The van der Waals surface area contributed by atoms with Gasteiger partial charge in [0, 0.05) is 6.54 Å². The molecule has 5 nitrogen and oxygen atoms in total. The van der Waals surface area contributed by atoms with Crippen molar-refractivity contribution in [2.24, 2.45) is 0 Å². The van der Waals surface area contributed by atoms with Gasteiger partial charge in [0.15, 0.2) is 0 Å². The first-order valence-corrected chi connectivity index (χ1v) is 7.36. The van der Waals surface area contributed by atoms with Crippen LogP contribution in [-0.2, 0) is 16.1 Å². The number of nitrogens with one attached hydrogen (secondary N) is 2. The van der Waals surface area contributed by atoms with Gasteiger partial charge >= 0.3 is 11.8 Å². The summed E-state index contributed by atoms with van der Waals surface area (Å²) >= 11 is 0. The van der Waals surface area contributed by atoms with Gasteiger partial charge in [-0.3, -0.25) is 9.59 Å². The molecule has 0 heterocycles. The van der Waals surface area contributed by atoms with Crippen molar-refractivity contribution in [1.29, 1.82) is 0 Å². The van der Waals surface area contributed by atoms with Gasteiger partial charge in [-0.2, -0.15) is 0 Å². The number of methoxy groups -OCH3 is 1. The van der Waals surface area contributed by atoms with Crippen LogP contribution in [0.4, 0.5) is 0 Å². The molecule has 2 amide bonds. The van der Waals surface area contributed by atoms with Crippen LogP contribution in [0.15, 0.2) is 54.6 Å². The van der Waals surface area contributed by atoms with Gasteiger partial charge in [-0.15, -0.1) is 0 Å². The molecule has 0 saturated carbocycles. The van der Waals surface area contributed by atoms with Gasteiger partial charge in [0.1, 0.15) is 5.75 Å². The zero-order valence-corrected chi connectivity index (χ0v) is 13.2. The van der Waals surface area contributed by atoms with Gasteiger partial charge in [0.05, 0.1) is 13.2 Å². The summed E-state index contributed by atoms with van der Waals surface area (Å²) in [5.41, 5.74) is 1.84. The van der Waals surface area contributed by atoms with Crippen molar-refractivity contribution in [3.8, 4) is 5.75 Å². The second-order valence-electron chi connectivity index (χ2n) is 5.14. The van der Waals surface area contributed by atoms with Crippen molar-refractivity contribution >= 4 is 11.8 Å². The lowest BCUT2D eigenvalue weighted by atomic mass is 10.1. The van der Waals surface area contributed by atoms with Gasteiger partial charge in [0.25, 0.3) is 0 Å². The van der Waals surface area contributed by atoms with Gasteiger partial charge in [-0.25, -0.2) is 0 Å². The summed E-state index contributed by atoms with van der Waals surface area (Å²) in [6.45, 7) is 2.12. The number of benzene rings is 2. The second kappa shape index (κ2) is 7.98. The summed E-state index contributed by atoms with van der Waals surface area (Å²) in [5.74, 6) is -0.548. The van der Waals surface area contributed by atoms with E-state index in [1.165, 1.54) is 0 Å². The predicted molar refractivity (Wildman–Crippen MR) is 87.8 cm³/mol. The van der Waals surface area contributed by atoms with Crippen molar-refractivity contribution in [2.45, 2.75) is 19.5 Å². The van der Waals surface area contributed by atoms with E-state index in [1.807, 2.05) is 49.4 Å². The summed E-state index contributed by atoms with van der Waals surface area (Å²) in [5, 5.41) is 5.28. The monoisotopic (exact) mass is 312 g/mol. The molecule has 0 radical (unpaired) electrons. The third-order valence-electron chi connectivity index (χ3n) is 3.47. The Morgan fingerprint density at radius 3 is 2.26 bits per heavy atom. The Hall–Kier alpha value is -2.82. The van der Waals surface area contributed by atoms with E-state index in [1.54, 1.807) is 19.2 Å². The molecule has 23 heavy (non-hydrogen) atoms. The number of rotatable bonds is 5. The van der Waals surface area contributed by atoms with E-state index in [4.69, 9.17) is 4.74 Å². The lowest BCUT2D eigenvalue weighted by Crippen LogP contribution is -2.40. The zero-order valence-electron chi connectivity index (χ0n) is 13.2. The maximum absolute atomic E-state index is 11.9. The van der Waals surface area contributed by atoms with E-state index in [9.17, 15) is 9.59 Å². The van der Waals surface area contributed by atoms with E-state index in [-0.39, 0.29) is 12.6 Å². The Kier molecular flexibility index (Phi) is 5.74. The normalized spacial score (nSPS) is 11.4. The second-order valence-corrected chi connectivity index (χ2v) is 5.14. The highest BCUT2D eigenvalue weighted by atomic mass is 16.5. The van der Waals surface area contributed by atoms with Crippen LogP contribution in [0.2, 0.25) is 0 Å². The number of hydrogen-bond donors (Lipinski definition) is 2. The minimum atomic E-state index is -0.649. The highest BCUT2D eigenvalue weighted by Gasteiger charge is 2.16. The quantitative estimate of drug-likeness (QED) is 0.832. The minimum absolute atomic E-state index is 0.226. The summed E-state index contributed by atoms with van der Waals surface area (Å²) in [7, 11) is 1.59. The molecule has 2 aromatic rings. The van der Waals surface area contributed by atoms with Gasteiger partial charge in [-0.1, -0.05) is 42.5 Å². The van der Waals surface area contributed by atoms with Gasteiger partial charge in [-0.05, 0) is 30.2 Å². The summed E-state index contributed by atoms with van der Waals surface area (Å²) in [6, 6.07) is 16.5. The summed E-state index contributed by atoms with van der Waals surface area (Å²) in [4.78, 5) is 23.8. The van der Waals surface area contributed by atoms with Crippen LogP contribution in [0.5, 0.6) is 5.75 Å². The molecule has 0 aliphatic rings. The van der Waals surface area contributed by atoms with Crippen LogP contribution >= 0.6 is 0 Å². The first-order chi connectivity index (χ1) is 11.1. The maximum Gasteiger partial charge on any atom is 0.309 e. The molecule has 5 heteroatoms. The van der Waals surface area contributed by atoms with Crippen molar-refractivity contribution in [1.82, 2.24) is 10.6 Å². The largest absolute Gasteiger partial charge is 0.497 e. The van der Waals surface area contributed by atoms with Gasteiger partial charge in [0.2, 0.25) is 0 Å². The molecule has 2 rings (SSSR count). The molecular formula is C18H20N2O3. The lowest BCUT2D eigenvalue weighted by molar-refractivity contribution is -0.139. The smallest absolute Gasteiger partial charge is 0.309 e. The van der Waals surface area contributed by atoms with Crippen molar-refractivity contribution < 1.29 is 14.3 Å². The maximum atomic E-state index is 11.9. The Labute approximate surface area is 135 Å². The van der Waals surface area contributed by atoms with Crippen molar-refractivity contribution in [3.05, 3.63) is 65.7 Å². The summed E-state index contributed by atoms with van der Waals surface area (Å²) < 4.78 is 5.07. The first-order valence-electron chi connectivity index (χ1n) is 7.36. The fourth-order valence-corrected chi connectivity index (χ4v) is 2.09. The van der Waals surface area contributed by atoms with Crippen LogP contribution in [-0.4, -0.2) is 18.9 Å². The van der Waals surface area contributed by atoms with E-state index in [2.05, 4.69) is 10.6 Å². The average molecular weight is 312 g/mol. The molecule has 1 unspecified atom stereocenters. The number of carbonyl (C=O) groups is 2. The highest BCUT2D eigenvalue weighted by molar-refractivity contribution is 6.35. The van der Waals surface area contributed by atoms with Crippen LogP contribution in [0.25, 0.3) is 0 Å². The summed E-state index contributed by atoms with van der Waals surface area (Å²) in [6.07, 6.45) is 0. The van der Waals surface area contributed by atoms with Crippen LogP contribution in [0.3, 0.4) is 0 Å². The Morgan fingerprint density at radius 1 is 1.00 bits per heavy atom. The topological polar surface area (TPSA) is 67.4 Å². The fraction of sp³-hybridized carbons (Fsp3) is 0.222. The third-order valence-corrected chi connectivity index (χ3v) is 3.47. The number of amides is 2. The molecule has 0 fully saturated rings. The minimum Gasteiger partial charge on any atom is -0.497 e. The van der Waals surface area contributed by atoms with Crippen molar-refractivity contribution in [3.63, 3.8) is 0 Å². The number of carbonyl (C=O) groups excluding carboxylic acids is 2. The molecule has 0 aromatic heterocycles. The molecule has 0 aliphatic heterocycles. The molecule has 0 bridgehead atoms. The van der Waals surface area contributed by atoms with Crippen LogP contribution in [0.1, 0.15) is 24.1 Å². The fourth-order valence-electron chi connectivity index (χ4n) is 2.09. The zero-order chi connectivity index (χ0) is 16.7. The molecule has 0 spiro atoms. The highest BCUT2D eigenvalue weighted by Crippen LogP contribution is 2.12. The van der Waals surface area contributed by atoms with Crippen LogP contribution < -0.4 is 15.4 Å². The van der Waals surface area contributed by atoms with E-state index in [0.717, 1.165) is 16.9 Å².